The van der Waals surface area contributed by atoms with Crippen LogP contribution in [0.3, 0.4) is 0 Å². The molecular formula is C97H174I2N6O8S2. The number of hydrogen-bond donors (Lipinski definition) is 0. The van der Waals surface area contributed by atoms with Gasteiger partial charge in [0.2, 0.25) is 12.5 Å². The summed E-state index contributed by atoms with van der Waals surface area (Å²) in [5, 5.41) is 12.0. The zero-order valence-electron chi connectivity index (χ0n) is 75.2. The number of hydrogen-bond acceptors (Lipinski definition) is 14. The number of likely N-dealkylation sites (N-methyl/N-ethyl adjacent to an activating group) is 2. The number of carboxylic acid groups (broad SMARTS) is 1. The number of ether oxygens (including phenoxy) is 4. The van der Waals surface area contributed by atoms with E-state index >= 15 is 0 Å². The molecule has 0 amide bonds. The first-order valence-electron chi connectivity index (χ1n) is 49.0. The Hall–Kier alpha value is -2.01. The van der Waals surface area contributed by atoms with E-state index in [-0.39, 0.29) is 48.4 Å². The average molecular weight is 1870 g/mol. The SMILES string of the molecule is CCCCCCCCCCCCCCC(CI)(C(=O)[O-])C1CCCCC1.CCCCCCCCCCCCCCCC(=O)OC(C1CCCCC1)[N+]1(C)CCC=C(c2nsnc2OCCCCCC)C1.CCCCCCCCCCCCCCCC(=O)OC(C1CCCCC1)[N+]1(C)CCC=C(c2nsnc2OCCCCCC)C1.[I-]. The van der Waals surface area contributed by atoms with Crippen molar-refractivity contribution in [2.45, 2.75) is 471 Å². The van der Waals surface area contributed by atoms with Crippen molar-refractivity contribution in [1.29, 1.82) is 0 Å². The van der Waals surface area contributed by atoms with E-state index in [0.29, 0.717) is 55.6 Å². The second-order valence-electron chi connectivity index (χ2n) is 36.5. The van der Waals surface area contributed by atoms with E-state index in [2.05, 4.69) is 101 Å². The van der Waals surface area contributed by atoms with Crippen molar-refractivity contribution in [2.24, 2.45) is 23.2 Å². The molecule has 5 unspecified atom stereocenters. The van der Waals surface area contributed by atoms with Crippen molar-refractivity contribution >= 4 is 75.1 Å². The van der Waals surface area contributed by atoms with Crippen LogP contribution in [0.15, 0.2) is 12.2 Å². The number of nitrogens with zero attached hydrogens (tertiary/aromatic N) is 6. The van der Waals surface area contributed by atoms with Crippen LogP contribution >= 0.6 is 46.0 Å². The van der Waals surface area contributed by atoms with Crippen LogP contribution in [0.4, 0.5) is 0 Å². The summed E-state index contributed by atoms with van der Waals surface area (Å²) in [7, 11) is 4.60. The first kappa shape index (κ1) is 105. The molecule has 4 heterocycles. The van der Waals surface area contributed by atoms with E-state index in [1.165, 1.54) is 343 Å². The third kappa shape index (κ3) is 43.7. The van der Waals surface area contributed by atoms with Crippen LogP contribution in [0.5, 0.6) is 11.8 Å². The van der Waals surface area contributed by atoms with Gasteiger partial charge in [-0.3, -0.25) is 18.6 Å². The third-order valence-corrected chi connectivity index (χ3v) is 28.8. The van der Waals surface area contributed by atoms with E-state index in [0.717, 1.165) is 154 Å². The molecule has 3 saturated carbocycles. The normalized spacial score (nSPS) is 19.3. The maximum Gasteiger partial charge on any atom is 0.310 e. The standard InChI is InChI=1S/2C37H66N3O3S.C23H43IO2.HI/c2*1-4-6-8-10-11-12-13-14-15-16-17-18-22-28-34(41)43-37(32-25-20-19-21-26-32)40(3)29-24-27-33(31-40)35-36(39-44-38-35)42-30-23-9-7-5-2;1-2-3-4-5-6-7-8-9-10-11-12-16-19-23(20-24,22(25)26)21-17-14-13-15-18-21;/h2*27,32,37H,4-26,28-31H2,1-3H3;21H,2-20H2,1H3,(H,25,26);1H/q2*+1;;/p-2. The fourth-order valence-electron chi connectivity index (χ4n) is 19.2. The van der Waals surface area contributed by atoms with Crippen LogP contribution in [0.1, 0.15) is 470 Å². The number of rotatable bonds is 64. The molecule has 0 aromatic carbocycles. The molecule has 0 spiro atoms. The number of unbranched alkanes of at least 4 members (excludes halogenated alkanes) is 41. The quantitative estimate of drug-likeness (QED) is 0.0203. The minimum absolute atomic E-state index is 0. The van der Waals surface area contributed by atoms with Crippen LogP contribution in [0.25, 0.3) is 11.1 Å². The van der Waals surface area contributed by atoms with Crippen molar-refractivity contribution in [3.63, 3.8) is 0 Å². The van der Waals surface area contributed by atoms with Gasteiger partial charge in [0.1, 0.15) is 24.5 Å². The molecule has 666 valence electrons. The van der Waals surface area contributed by atoms with E-state index in [4.69, 9.17) is 18.9 Å². The zero-order chi connectivity index (χ0) is 81.7. The summed E-state index contributed by atoms with van der Waals surface area (Å²) >= 11 is 4.77. The van der Waals surface area contributed by atoms with Gasteiger partial charge in [-0.05, 0) is 76.5 Å². The summed E-state index contributed by atoms with van der Waals surface area (Å²) in [4.78, 5) is 38.5. The minimum atomic E-state index is -0.776. The van der Waals surface area contributed by atoms with Crippen molar-refractivity contribution in [3.05, 3.63) is 23.5 Å². The Morgan fingerprint density at radius 3 is 1.01 bits per heavy atom. The predicted molar refractivity (Wildman–Crippen MR) is 488 cm³/mol. The van der Waals surface area contributed by atoms with Crippen LogP contribution in [0, 0.1) is 23.2 Å². The van der Waals surface area contributed by atoms with E-state index < -0.39 is 11.4 Å². The molecule has 0 radical (unpaired) electrons. The Labute approximate surface area is 745 Å². The van der Waals surface area contributed by atoms with E-state index in [9.17, 15) is 19.5 Å². The molecule has 18 heteroatoms. The van der Waals surface area contributed by atoms with Crippen LogP contribution in [0.2, 0.25) is 0 Å². The highest BCUT2D eigenvalue weighted by atomic mass is 127. The van der Waals surface area contributed by atoms with E-state index in [1.54, 1.807) is 0 Å². The number of aromatic nitrogens is 4. The lowest BCUT2D eigenvalue weighted by atomic mass is 9.67. The Balaban J connectivity index is 0.000000375. The smallest absolute Gasteiger partial charge is 0.310 e. The Bertz CT molecular complexity index is 2620. The van der Waals surface area contributed by atoms with Crippen molar-refractivity contribution in [1.82, 2.24) is 17.5 Å². The number of carbonyl (C=O) groups is 3. The number of esters is 2. The molecule has 2 aromatic rings. The van der Waals surface area contributed by atoms with Crippen LogP contribution < -0.4 is 38.6 Å². The van der Waals surface area contributed by atoms with Gasteiger partial charge in [0.25, 0.3) is 11.8 Å². The highest BCUT2D eigenvalue weighted by molar-refractivity contribution is 14.1. The fraction of sp³-hybridized carbons (Fsp3) is 0.887. The summed E-state index contributed by atoms with van der Waals surface area (Å²) < 4.78 is 45.7. The molecule has 115 heavy (non-hydrogen) atoms. The van der Waals surface area contributed by atoms with Crippen molar-refractivity contribution in [2.75, 3.05) is 57.9 Å². The first-order valence-corrected chi connectivity index (χ1v) is 51.9. The lowest BCUT2D eigenvalue weighted by Crippen LogP contribution is -3.00. The second-order valence-corrected chi connectivity index (χ2v) is 38.3. The summed E-state index contributed by atoms with van der Waals surface area (Å²) in [6.07, 6.45) is 85.9. The molecule has 5 aliphatic rings. The van der Waals surface area contributed by atoms with Crippen molar-refractivity contribution in [3.8, 4) is 11.8 Å². The summed E-state index contributed by atoms with van der Waals surface area (Å²) in [6, 6.07) is 0. The maximum absolute atomic E-state index is 13.3. The monoisotopic (exact) mass is 1870 g/mol. The number of halogens is 2. The molecule has 14 nitrogen and oxygen atoms in total. The maximum atomic E-state index is 13.3. The minimum Gasteiger partial charge on any atom is -1.00 e. The van der Waals surface area contributed by atoms with Gasteiger partial charge in [0.15, 0.2) is 0 Å². The van der Waals surface area contributed by atoms with Crippen molar-refractivity contribution < 1.29 is 71.4 Å². The summed E-state index contributed by atoms with van der Waals surface area (Å²) in [6.45, 7) is 16.3. The van der Waals surface area contributed by atoms with Gasteiger partial charge < -0.3 is 52.8 Å². The van der Waals surface area contributed by atoms with Gasteiger partial charge in [0, 0.05) is 64.5 Å². The molecule has 0 saturated heterocycles. The topological polar surface area (TPSA) is 163 Å². The van der Waals surface area contributed by atoms with Crippen LogP contribution in [-0.4, -0.2) is 115 Å². The largest absolute Gasteiger partial charge is 1.00 e. The molecule has 3 fully saturated rings. The van der Waals surface area contributed by atoms with Gasteiger partial charge >= 0.3 is 11.9 Å². The number of carboxylic acids is 1. The number of quaternary nitrogens is 2. The number of aliphatic carboxylic acids is 1. The number of carbonyl (C=O) groups excluding carboxylic acids is 3. The first-order chi connectivity index (χ1) is 55.8. The van der Waals surface area contributed by atoms with Gasteiger partial charge in [-0.1, -0.05) is 397 Å². The van der Waals surface area contributed by atoms with Gasteiger partial charge in [0.05, 0.1) is 63.9 Å². The van der Waals surface area contributed by atoms with Gasteiger partial charge in [-0.15, -0.1) is 8.75 Å². The average Bonchev–Trinajstić information content (AvgIpc) is 1.76. The molecule has 2 aromatic heterocycles. The molecule has 3 aliphatic carbocycles. The van der Waals surface area contributed by atoms with E-state index in [1.807, 2.05) is 0 Å². The third-order valence-electron chi connectivity index (χ3n) is 26.4. The zero-order valence-corrected chi connectivity index (χ0v) is 81.1. The molecular weight excluding hydrogens is 1700 g/mol. The molecule has 0 N–H and O–H groups in total. The molecule has 2 aliphatic heterocycles. The Morgan fingerprint density at radius 2 is 0.704 bits per heavy atom. The van der Waals surface area contributed by atoms with Crippen LogP contribution in [-0.2, 0) is 23.9 Å². The Morgan fingerprint density at radius 1 is 0.417 bits per heavy atom. The molecule has 0 bridgehead atoms. The fourth-order valence-corrected chi connectivity index (χ4v) is 21.5. The lowest BCUT2D eigenvalue weighted by Gasteiger charge is -2.46. The molecule has 5 atom stereocenters. The highest BCUT2D eigenvalue weighted by Crippen LogP contribution is 2.45. The summed E-state index contributed by atoms with van der Waals surface area (Å²) in [5.74, 6) is 1.82. The summed E-state index contributed by atoms with van der Waals surface area (Å²) in [5.41, 5.74) is 3.64. The lowest BCUT2D eigenvalue weighted by molar-refractivity contribution is -0.951. The van der Waals surface area contributed by atoms with Gasteiger partial charge in [-0.25, -0.2) is 0 Å². The predicted octanol–water partition coefficient (Wildman–Crippen LogP) is 25.2. The van der Waals surface area contributed by atoms with Gasteiger partial charge in [-0.2, -0.15) is 8.75 Å². The Kier molecular flexibility index (Phi) is 61.8. The molecule has 7 rings (SSSR count). The second kappa shape index (κ2) is 67.5. The highest BCUT2D eigenvalue weighted by Gasteiger charge is 2.47. The number of alkyl halides is 1.